The number of sulfonamides is 1. The minimum atomic E-state index is -3.78. The van der Waals surface area contributed by atoms with Gasteiger partial charge in [-0.2, -0.15) is 0 Å². The second-order valence-corrected chi connectivity index (χ2v) is 9.12. The minimum Gasteiger partial charge on any atom is -0.325 e. The molecule has 3 N–H and O–H groups in total. The molecule has 32 heavy (non-hydrogen) atoms. The molecule has 0 spiro atoms. The third kappa shape index (κ3) is 5.02. The zero-order valence-corrected chi connectivity index (χ0v) is 18.3. The summed E-state index contributed by atoms with van der Waals surface area (Å²) < 4.78 is 24.6. The second kappa shape index (κ2) is 9.30. The van der Waals surface area contributed by atoms with Gasteiger partial charge >= 0.3 is 0 Å². The quantitative estimate of drug-likeness (QED) is 0.400. The first-order valence-corrected chi connectivity index (χ1v) is 11.9. The van der Waals surface area contributed by atoms with Crippen LogP contribution in [-0.2, 0) is 14.8 Å². The fourth-order valence-corrected chi connectivity index (χ4v) is 4.18. The van der Waals surface area contributed by atoms with Crippen LogP contribution in [0.2, 0.25) is 0 Å². The number of carbonyl (C=O) groups is 1. The highest BCUT2D eigenvalue weighted by Crippen LogP contribution is 2.27. The molecule has 0 atom stereocenters. The molecular formula is C21H18N6O3S2. The van der Waals surface area contributed by atoms with Gasteiger partial charge in [0, 0.05) is 29.3 Å². The number of primary sulfonamides is 1. The Labute approximate surface area is 188 Å². The number of nitrogens with zero attached hydrogens (tertiary/aromatic N) is 4. The van der Waals surface area contributed by atoms with E-state index in [1.807, 2.05) is 47.0 Å². The van der Waals surface area contributed by atoms with Gasteiger partial charge in [0.15, 0.2) is 11.0 Å². The van der Waals surface area contributed by atoms with Gasteiger partial charge in [0.05, 0.1) is 10.6 Å². The number of para-hydroxylation sites is 1. The standard InChI is InChI=1S/C21H18N6O3S2/c22-32(29,30)18-8-6-16(7-9-18)24-19(28)14-31-21-26-25-20(15-10-12-23-13-11-15)27(21)17-4-2-1-3-5-17/h1-13H,14H2,(H,24,28)(H2,22,29,30). The molecule has 0 radical (unpaired) electrons. The molecule has 4 rings (SSSR count). The van der Waals surface area contributed by atoms with E-state index in [2.05, 4.69) is 20.5 Å². The van der Waals surface area contributed by atoms with Crippen molar-refractivity contribution in [3.05, 3.63) is 79.1 Å². The Hall–Kier alpha value is -3.54. The summed E-state index contributed by atoms with van der Waals surface area (Å²) in [6.07, 6.45) is 3.36. The number of benzene rings is 2. The molecule has 9 nitrogen and oxygen atoms in total. The van der Waals surface area contributed by atoms with Gasteiger partial charge in [-0.15, -0.1) is 10.2 Å². The van der Waals surface area contributed by atoms with E-state index >= 15 is 0 Å². The highest BCUT2D eigenvalue weighted by atomic mass is 32.2. The van der Waals surface area contributed by atoms with E-state index in [4.69, 9.17) is 5.14 Å². The summed E-state index contributed by atoms with van der Waals surface area (Å²) in [5.74, 6) is 0.449. The number of anilines is 1. The Morgan fingerprint density at radius 2 is 1.66 bits per heavy atom. The summed E-state index contributed by atoms with van der Waals surface area (Å²) in [5.41, 5.74) is 2.18. The molecule has 0 unspecified atom stereocenters. The van der Waals surface area contributed by atoms with Crippen LogP contribution >= 0.6 is 11.8 Å². The maximum atomic E-state index is 12.5. The highest BCUT2D eigenvalue weighted by molar-refractivity contribution is 7.99. The van der Waals surface area contributed by atoms with Crippen molar-refractivity contribution in [2.75, 3.05) is 11.1 Å². The van der Waals surface area contributed by atoms with Crippen molar-refractivity contribution in [2.45, 2.75) is 10.1 Å². The Morgan fingerprint density at radius 1 is 0.969 bits per heavy atom. The van der Waals surface area contributed by atoms with Crippen LogP contribution in [0.5, 0.6) is 0 Å². The van der Waals surface area contributed by atoms with Crippen molar-refractivity contribution in [2.24, 2.45) is 5.14 Å². The summed E-state index contributed by atoms with van der Waals surface area (Å²) >= 11 is 1.24. The van der Waals surface area contributed by atoms with Crippen LogP contribution in [0.1, 0.15) is 0 Å². The third-order valence-electron chi connectivity index (χ3n) is 4.39. The number of rotatable bonds is 7. The van der Waals surface area contributed by atoms with Gasteiger partial charge in [-0.1, -0.05) is 30.0 Å². The smallest absolute Gasteiger partial charge is 0.238 e. The molecule has 162 valence electrons. The molecule has 0 aliphatic heterocycles. The molecular weight excluding hydrogens is 448 g/mol. The van der Waals surface area contributed by atoms with Crippen LogP contribution in [0.4, 0.5) is 5.69 Å². The monoisotopic (exact) mass is 466 g/mol. The number of carbonyl (C=O) groups excluding carboxylic acids is 1. The topological polar surface area (TPSA) is 133 Å². The van der Waals surface area contributed by atoms with Gasteiger partial charge in [-0.05, 0) is 48.5 Å². The lowest BCUT2D eigenvalue weighted by molar-refractivity contribution is -0.113. The molecule has 0 bridgehead atoms. The van der Waals surface area contributed by atoms with Crippen LogP contribution in [0.25, 0.3) is 17.1 Å². The lowest BCUT2D eigenvalue weighted by Gasteiger charge is -2.10. The SMILES string of the molecule is NS(=O)(=O)c1ccc(NC(=O)CSc2nnc(-c3ccncc3)n2-c2ccccc2)cc1. The lowest BCUT2D eigenvalue weighted by atomic mass is 10.2. The van der Waals surface area contributed by atoms with E-state index in [1.165, 1.54) is 36.0 Å². The van der Waals surface area contributed by atoms with E-state index in [0.717, 1.165) is 11.3 Å². The first kappa shape index (κ1) is 21.7. The third-order valence-corrected chi connectivity index (χ3v) is 6.24. The molecule has 4 aromatic rings. The fraction of sp³-hybridized carbons (Fsp3) is 0.0476. The Balaban J connectivity index is 1.52. The summed E-state index contributed by atoms with van der Waals surface area (Å²) in [5, 5.41) is 17.0. The molecule has 2 aromatic heterocycles. The lowest BCUT2D eigenvalue weighted by Crippen LogP contribution is -2.15. The predicted octanol–water partition coefficient (Wildman–Crippen LogP) is 2.71. The second-order valence-electron chi connectivity index (χ2n) is 6.62. The summed E-state index contributed by atoms with van der Waals surface area (Å²) in [6.45, 7) is 0. The molecule has 0 fully saturated rings. The van der Waals surface area contributed by atoms with Gasteiger partial charge in [-0.3, -0.25) is 14.3 Å². The Kier molecular flexibility index (Phi) is 6.30. The predicted molar refractivity (Wildman–Crippen MR) is 122 cm³/mol. The van der Waals surface area contributed by atoms with Crippen LogP contribution in [-0.4, -0.2) is 39.8 Å². The highest BCUT2D eigenvalue weighted by Gasteiger charge is 2.17. The first-order valence-electron chi connectivity index (χ1n) is 9.38. The summed E-state index contributed by atoms with van der Waals surface area (Å²) in [7, 11) is -3.78. The van der Waals surface area contributed by atoms with Crippen molar-refractivity contribution >= 4 is 33.4 Å². The molecule has 0 aliphatic rings. The van der Waals surface area contributed by atoms with Crippen LogP contribution in [0, 0.1) is 0 Å². The van der Waals surface area contributed by atoms with Crippen molar-refractivity contribution in [1.82, 2.24) is 19.7 Å². The zero-order valence-electron chi connectivity index (χ0n) is 16.6. The number of nitrogens with two attached hydrogens (primary N) is 1. The first-order chi connectivity index (χ1) is 15.4. The maximum Gasteiger partial charge on any atom is 0.238 e. The number of amides is 1. The number of aromatic nitrogens is 4. The number of thioether (sulfide) groups is 1. The number of nitrogens with one attached hydrogen (secondary N) is 1. The molecule has 0 saturated heterocycles. The number of pyridine rings is 1. The molecule has 0 saturated carbocycles. The normalized spacial score (nSPS) is 11.3. The van der Waals surface area contributed by atoms with Gasteiger partial charge in [0.2, 0.25) is 15.9 Å². The average Bonchev–Trinajstić information content (AvgIpc) is 3.23. The molecule has 2 heterocycles. The Bertz CT molecular complexity index is 1330. The molecule has 0 aliphatic carbocycles. The van der Waals surface area contributed by atoms with Crippen molar-refractivity contribution < 1.29 is 13.2 Å². The van der Waals surface area contributed by atoms with Crippen molar-refractivity contribution in [1.29, 1.82) is 0 Å². The zero-order chi connectivity index (χ0) is 22.6. The van der Waals surface area contributed by atoms with E-state index in [1.54, 1.807) is 12.4 Å². The van der Waals surface area contributed by atoms with Gasteiger partial charge < -0.3 is 5.32 Å². The molecule has 1 amide bonds. The van der Waals surface area contributed by atoms with Crippen LogP contribution in [0.3, 0.4) is 0 Å². The van der Waals surface area contributed by atoms with Gasteiger partial charge in [0.1, 0.15) is 0 Å². The molecule has 11 heteroatoms. The summed E-state index contributed by atoms with van der Waals surface area (Å²) in [4.78, 5) is 16.5. The van der Waals surface area contributed by atoms with Gasteiger partial charge in [-0.25, -0.2) is 13.6 Å². The molecule has 2 aromatic carbocycles. The van der Waals surface area contributed by atoms with Crippen LogP contribution < -0.4 is 10.5 Å². The number of hydrogen-bond donors (Lipinski definition) is 2. The van der Waals surface area contributed by atoms with Crippen molar-refractivity contribution in [3.8, 4) is 17.1 Å². The number of hydrogen-bond acceptors (Lipinski definition) is 7. The summed E-state index contributed by atoms with van der Waals surface area (Å²) in [6, 6.07) is 18.9. The minimum absolute atomic E-state index is 0.0236. The van der Waals surface area contributed by atoms with E-state index in [9.17, 15) is 13.2 Å². The van der Waals surface area contributed by atoms with E-state index < -0.39 is 10.0 Å². The largest absolute Gasteiger partial charge is 0.325 e. The maximum absolute atomic E-state index is 12.5. The van der Waals surface area contributed by atoms with Gasteiger partial charge in [0.25, 0.3) is 0 Å². The average molecular weight is 467 g/mol. The van der Waals surface area contributed by atoms with Crippen LogP contribution in [0.15, 0.2) is 89.2 Å². The fourth-order valence-electron chi connectivity index (χ4n) is 2.92. The van der Waals surface area contributed by atoms with E-state index in [0.29, 0.717) is 16.7 Å². The van der Waals surface area contributed by atoms with E-state index in [-0.39, 0.29) is 16.6 Å². The van der Waals surface area contributed by atoms with Crippen molar-refractivity contribution in [3.63, 3.8) is 0 Å². The Morgan fingerprint density at radius 3 is 2.31 bits per heavy atom.